The first kappa shape index (κ1) is 22.3. The second-order valence-electron chi connectivity index (χ2n) is 8.57. The fourth-order valence-corrected chi connectivity index (χ4v) is 3.83. The number of phenolic OH excluding ortho intramolecular Hbond substituents is 1. The number of hydrogen-bond donors (Lipinski definition) is 2. The molecule has 6 heteroatoms. The fraction of sp³-hybridized carbons (Fsp3) is 0.417. The molecule has 0 spiro atoms. The SMILES string of the molecule is CCCCCN(C)CC(C)(C)c1cc(-c2ncc(-c3ccc(Cl)c(O)c3)[nH]2)ccn1. The molecule has 5 nitrogen and oxygen atoms in total. The molecule has 30 heavy (non-hydrogen) atoms. The maximum absolute atomic E-state index is 9.87. The van der Waals surface area contributed by atoms with E-state index in [1.165, 1.54) is 19.3 Å². The quantitative estimate of drug-likeness (QED) is 0.418. The molecule has 2 N–H and O–H groups in total. The number of H-pyrrole nitrogens is 1. The third-order valence-electron chi connectivity index (χ3n) is 5.37. The van der Waals surface area contributed by atoms with E-state index < -0.39 is 0 Å². The highest BCUT2D eigenvalue weighted by molar-refractivity contribution is 6.32. The smallest absolute Gasteiger partial charge is 0.137 e. The number of nitrogens with zero attached hydrogens (tertiary/aromatic N) is 3. The topological polar surface area (TPSA) is 65.0 Å². The van der Waals surface area contributed by atoms with Crippen molar-refractivity contribution in [1.82, 2.24) is 19.9 Å². The zero-order valence-electron chi connectivity index (χ0n) is 18.2. The first-order valence-electron chi connectivity index (χ1n) is 10.5. The van der Waals surface area contributed by atoms with Crippen LogP contribution in [-0.4, -0.2) is 45.1 Å². The number of aromatic nitrogens is 3. The highest BCUT2D eigenvalue weighted by atomic mass is 35.5. The van der Waals surface area contributed by atoms with Crippen LogP contribution in [0.1, 0.15) is 45.7 Å². The number of unbranched alkanes of at least 4 members (excludes halogenated alkanes) is 2. The van der Waals surface area contributed by atoms with Crippen LogP contribution in [0.25, 0.3) is 22.6 Å². The number of pyridine rings is 1. The van der Waals surface area contributed by atoms with Gasteiger partial charge >= 0.3 is 0 Å². The molecule has 160 valence electrons. The largest absolute Gasteiger partial charge is 0.506 e. The molecule has 0 saturated heterocycles. The van der Waals surface area contributed by atoms with E-state index in [2.05, 4.69) is 53.7 Å². The Morgan fingerprint density at radius 3 is 2.63 bits per heavy atom. The van der Waals surface area contributed by atoms with Crippen LogP contribution < -0.4 is 0 Å². The number of rotatable bonds is 9. The van der Waals surface area contributed by atoms with Crippen LogP contribution in [0.4, 0.5) is 0 Å². The van der Waals surface area contributed by atoms with E-state index >= 15 is 0 Å². The zero-order chi connectivity index (χ0) is 21.7. The predicted molar refractivity (Wildman–Crippen MR) is 124 cm³/mol. The molecule has 0 saturated carbocycles. The van der Waals surface area contributed by atoms with Crippen LogP contribution in [0.2, 0.25) is 5.02 Å². The molecule has 2 heterocycles. The van der Waals surface area contributed by atoms with E-state index in [0.29, 0.717) is 5.02 Å². The van der Waals surface area contributed by atoms with E-state index in [1.807, 2.05) is 18.3 Å². The minimum absolute atomic E-state index is 0.0568. The van der Waals surface area contributed by atoms with E-state index in [1.54, 1.807) is 18.3 Å². The lowest BCUT2D eigenvalue weighted by atomic mass is 9.87. The molecular formula is C24H31ClN4O. The lowest BCUT2D eigenvalue weighted by Crippen LogP contribution is -2.35. The van der Waals surface area contributed by atoms with Gasteiger partial charge in [-0.25, -0.2) is 4.98 Å². The summed E-state index contributed by atoms with van der Waals surface area (Å²) in [5, 5.41) is 10.2. The van der Waals surface area contributed by atoms with Crippen LogP contribution in [0, 0.1) is 0 Å². The molecule has 0 amide bonds. The molecule has 0 radical (unpaired) electrons. The van der Waals surface area contributed by atoms with Crippen molar-refractivity contribution < 1.29 is 5.11 Å². The van der Waals surface area contributed by atoms with Gasteiger partial charge in [-0.3, -0.25) is 4.98 Å². The molecule has 0 fully saturated rings. The van der Waals surface area contributed by atoms with Gasteiger partial charge in [0.2, 0.25) is 0 Å². The molecule has 0 bridgehead atoms. The molecule has 3 aromatic rings. The van der Waals surface area contributed by atoms with Crippen LogP contribution >= 0.6 is 11.6 Å². The zero-order valence-corrected chi connectivity index (χ0v) is 19.0. The summed E-state index contributed by atoms with van der Waals surface area (Å²) in [5.74, 6) is 0.830. The van der Waals surface area contributed by atoms with Crippen molar-refractivity contribution in [2.24, 2.45) is 0 Å². The van der Waals surface area contributed by atoms with Crippen molar-refractivity contribution in [2.75, 3.05) is 20.1 Å². The fourth-order valence-electron chi connectivity index (χ4n) is 3.71. The second kappa shape index (κ2) is 9.63. The van der Waals surface area contributed by atoms with Crippen LogP contribution in [0.5, 0.6) is 5.75 Å². The lowest BCUT2D eigenvalue weighted by molar-refractivity contribution is 0.260. The van der Waals surface area contributed by atoms with Gasteiger partial charge in [0, 0.05) is 35.0 Å². The average molecular weight is 427 g/mol. The van der Waals surface area contributed by atoms with Crippen LogP contribution in [0.15, 0.2) is 42.7 Å². The Morgan fingerprint density at radius 2 is 1.90 bits per heavy atom. The number of halogens is 1. The molecule has 2 aromatic heterocycles. The average Bonchev–Trinajstić information content (AvgIpc) is 3.20. The summed E-state index contributed by atoms with van der Waals surface area (Å²) in [4.78, 5) is 14.9. The summed E-state index contributed by atoms with van der Waals surface area (Å²) >= 11 is 5.91. The predicted octanol–water partition coefficient (Wildman–Crippen LogP) is 5.90. The Hall–Kier alpha value is -2.37. The summed E-state index contributed by atoms with van der Waals surface area (Å²) in [7, 11) is 2.18. The Balaban J connectivity index is 1.78. The van der Waals surface area contributed by atoms with Gasteiger partial charge in [-0.2, -0.15) is 0 Å². The summed E-state index contributed by atoms with van der Waals surface area (Å²) in [5.41, 5.74) is 3.62. The van der Waals surface area contributed by atoms with Gasteiger partial charge in [-0.1, -0.05) is 51.3 Å². The molecule has 1 aromatic carbocycles. The Bertz CT molecular complexity index is 983. The van der Waals surface area contributed by atoms with E-state index in [9.17, 15) is 5.11 Å². The van der Waals surface area contributed by atoms with Crippen molar-refractivity contribution in [1.29, 1.82) is 0 Å². The summed E-state index contributed by atoms with van der Waals surface area (Å²) in [6.45, 7) is 8.75. The van der Waals surface area contributed by atoms with Crippen molar-refractivity contribution in [3.63, 3.8) is 0 Å². The number of imidazole rings is 1. The van der Waals surface area contributed by atoms with Gasteiger partial charge in [0.25, 0.3) is 0 Å². The van der Waals surface area contributed by atoms with Gasteiger partial charge in [0.15, 0.2) is 0 Å². The summed E-state index contributed by atoms with van der Waals surface area (Å²) in [6.07, 6.45) is 7.35. The van der Waals surface area contributed by atoms with Crippen molar-refractivity contribution in [3.05, 3.63) is 53.4 Å². The molecule has 0 aliphatic rings. The minimum atomic E-state index is -0.0750. The number of benzene rings is 1. The van der Waals surface area contributed by atoms with E-state index in [4.69, 9.17) is 11.6 Å². The normalized spacial score (nSPS) is 11.9. The Morgan fingerprint density at radius 1 is 1.10 bits per heavy atom. The van der Waals surface area contributed by atoms with Gasteiger partial charge in [-0.15, -0.1) is 0 Å². The summed E-state index contributed by atoms with van der Waals surface area (Å²) in [6, 6.07) is 9.25. The number of likely N-dealkylation sites (N-methyl/N-ethyl adjacent to an activating group) is 1. The molecule has 0 unspecified atom stereocenters. The third kappa shape index (κ3) is 5.41. The van der Waals surface area contributed by atoms with Gasteiger partial charge < -0.3 is 15.0 Å². The Labute approximate surface area is 184 Å². The van der Waals surface area contributed by atoms with Crippen molar-refractivity contribution >= 4 is 11.6 Å². The third-order valence-corrected chi connectivity index (χ3v) is 5.69. The van der Waals surface area contributed by atoms with Crippen LogP contribution in [-0.2, 0) is 5.41 Å². The van der Waals surface area contributed by atoms with E-state index in [0.717, 1.165) is 41.4 Å². The van der Waals surface area contributed by atoms with Crippen molar-refractivity contribution in [3.8, 4) is 28.4 Å². The Kier molecular flexibility index (Phi) is 7.16. The number of nitrogens with one attached hydrogen (secondary N) is 1. The van der Waals surface area contributed by atoms with Gasteiger partial charge in [-0.05, 0) is 44.3 Å². The lowest BCUT2D eigenvalue weighted by Gasteiger charge is -2.30. The number of phenols is 1. The number of aromatic hydroxyl groups is 1. The first-order chi connectivity index (χ1) is 14.3. The first-order valence-corrected chi connectivity index (χ1v) is 10.9. The highest BCUT2D eigenvalue weighted by Gasteiger charge is 2.24. The van der Waals surface area contributed by atoms with Crippen molar-refractivity contribution in [2.45, 2.75) is 45.4 Å². The maximum Gasteiger partial charge on any atom is 0.137 e. The van der Waals surface area contributed by atoms with Gasteiger partial charge in [0.1, 0.15) is 11.6 Å². The second-order valence-corrected chi connectivity index (χ2v) is 8.98. The molecule has 3 rings (SSSR count). The monoisotopic (exact) mass is 426 g/mol. The highest BCUT2D eigenvalue weighted by Crippen LogP contribution is 2.31. The minimum Gasteiger partial charge on any atom is -0.506 e. The number of hydrogen-bond acceptors (Lipinski definition) is 4. The maximum atomic E-state index is 9.87. The number of aromatic amines is 1. The standard InChI is InChI=1S/C24H31ClN4O/c1-5-6-7-12-29(4)16-24(2,3)22-14-18(10-11-26-22)23-27-15-20(28-23)17-8-9-19(25)21(30)13-17/h8-11,13-15,30H,5-7,12,16H2,1-4H3,(H,27,28). The van der Waals surface area contributed by atoms with Gasteiger partial charge in [0.05, 0.1) is 16.9 Å². The van der Waals surface area contributed by atoms with Crippen LogP contribution in [0.3, 0.4) is 0 Å². The molecule has 0 aliphatic heterocycles. The summed E-state index contributed by atoms with van der Waals surface area (Å²) < 4.78 is 0. The molecule has 0 atom stereocenters. The molecule has 0 aliphatic carbocycles. The van der Waals surface area contributed by atoms with E-state index in [-0.39, 0.29) is 11.2 Å². The molecular weight excluding hydrogens is 396 g/mol.